The molecule has 15 heteroatoms. The number of anilines is 1. The molecule has 0 aliphatic carbocycles. The molecular formula is C29H22F8N4O3. The third kappa shape index (κ3) is 6.87. The Morgan fingerprint density at radius 1 is 0.932 bits per heavy atom. The van der Waals surface area contributed by atoms with Crippen LogP contribution in [0.1, 0.15) is 28.4 Å². The normalized spacial score (nSPS) is 13.3. The molecule has 2 atom stereocenters. The lowest BCUT2D eigenvalue weighted by Crippen LogP contribution is -2.43. The van der Waals surface area contributed by atoms with Crippen LogP contribution in [0.5, 0.6) is 0 Å². The lowest BCUT2D eigenvalue weighted by Gasteiger charge is -2.20. The van der Waals surface area contributed by atoms with Crippen LogP contribution in [0.2, 0.25) is 0 Å². The van der Waals surface area contributed by atoms with E-state index in [0.29, 0.717) is 23.1 Å². The molecule has 2 aromatic carbocycles. The molecule has 0 bridgehead atoms. The van der Waals surface area contributed by atoms with Crippen molar-refractivity contribution in [3.05, 3.63) is 89.2 Å². The first-order valence-corrected chi connectivity index (χ1v) is 12.7. The molecule has 0 aliphatic rings. The Bertz CT molecular complexity index is 1690. The number of hydrogen-bond donors (Lipinski definition) is 2. The number of alkyl halides is 6. The molecule has 4 aromatic rings. The maximum absolute atomic E-state index is 14.8. The Kier molecular flexibility index (Phi) is 9.06. The predicted molar refractivity (Wildman–Crippen MR) is 142 cm³/mol. The highest BCUT2D eigenvalue weighted by Crippen LogP contribution is 2.38. The summed E-state index contributed by atoms with van der Waals surface area (Å²) in [6.07, 6.45) is -7.26. The topological polar surface area (TPSA) is 93.2 Å². The van der Waals surface area contributed by atoms with Crippen molar-refractivity contribution in [1.29, 1.82) is 0 Å². The molecule has 232 valence electrons. The Balaban J connectivity index is 1.67. The van der Waals surface area contributed by atoms with E-state index in [4.69, 9.17) is 4.74 Å². The summed E-state index contributed by atoms with van der Waals surface area (Å²) in [6, 6.07) is 5.00. The van der Waals surface area contributed by atoms with Crippen LogP contribution in [0.4, 0.5) is 40.8 Å². The number of amides is 1. The van der Waals surface area contributed by atoms with E-state index in [9.17, 15) is 44.7 Å². The van der Waals surface area contributed by atoms with Gasteiger partial charge in [0.05, 0.1) is 23.9 Å². The maximum Gasteiger partial charge on any atom is 0.418 e. The minimum Gasteiger partial charge on any atom is -0.467 e. The number of nitrogens with zero attached hydrogens (tertiary/aromatic N) is 2. The molecule has 0 spiro atoms. The fourth-order valence-corrected chi connectivity index (χ4v) is 4.44. The SMILES string of the molecule is COC(=O)[C@H](Cc1ccc(-c2ncccc2C(F)(F)F)c2ncccc12)NC(=O)c1c(F)cc(N[C@H](C)C(F)(F)F)cc1F. The van der Waals surface area contributed by atoms with Gasteiger partial charge in [0.1, 0.15) is 29.3 Å². The Labute approximate surface area is 244 Å². The number of carbonyl (C=O) groups is 2. The standard InChI is InChI=1S/C29H22F8N4O3/c1-14(28(32,33)34)40-16-12-20(30)23(21(31)13-16)26(42)41-22(27(43)44-2)11-15-7-8-18(24-17(15)5-3-9-38-24)25-19(29(35,36)37)6-4-10-39-25/h3-10,12-14,22,40H,11H2,1-2H3,(H,41,42)/t14-,22+/m1/s1. The number of benzene rings is 2. The van der Waals surface area contributed by atoms with Crippen LogP contribution in [0.3, 0.4) is 0 Å². The summed E-state index contributed by atoms with van der Waals surface area (Å²) < 4.78 is 114. The van der Waals surface area contributed by atoms with Crippen LogP contribution in [-0.2, 0) is 22.1 Å². The number of ether oxygens (including phenoxy) is 1. The second-order valence-corrected chi connectivity index (χ2v) is 9.55. The highest BCUT2D eigenvalue weighted by molar-refractivity contribution is 5.99. The summed E-state index contributed by atoms with van der Waals surface area (Å²) in [7, 11) is 0.993. The van der Waals surface area contributed by atoms with Gasteiger partial charge in [0.15, 0.2) is 0 Å². The fraction of sp³-hybridized carbons (Fsp3) is 0.241. The average Bonchev–Trinajstić information content (AvgIpc) is 2.95. The number of pyridine rings is 2. The van der Waals surface area contributed by atoms with Crippen LogP contribution in [0.25, 0.3) is 22.2 Å². The van der Waals surface area contributed by atoms with Gasteiger partial charge in [-0.25, -0.2) is 13.6 Å². The lowest BCUT2D eigenvalue weighted by atomic mass is 9.95. The highest BCUT2D eigenvalue weighted by atomic mass is 19.4. The first kappa shape index (κ1) is 32.1. The molecule has 0 aliphatic heterocycles. The summed E-state index contributed by atoms with van der Waals surface area (Å²) in [5, 5.41) is 4.35. The lowest BCUT2D eigenvalue weighted by molar-refractivity contribution is -0.143. The summed E-state index contributed by atoms with van der Waals surface area (Å²) in [6.45, 7) is 0.731. The summed E-state index contributed by atoms with van der Waals surface area (Å²) in [4.78, 5) is 33.6. The van der Waals surface area contributed by atoms with E-state index in [1.165, 1.54) is 36.7 Å². The van der Waals surface area contributed by atoms with Crippen molar-refractivity contribution in [2.24, 2.45) is 0 Å². The molecule has 7 nitrogen and oxygen atoms in total. The number of rotatable bonds is 8. The van der Waals surface area contributed by atoms with Crippen LogP contribution in [0, 0.1) is 11.6 Å². The van der Waals surface area contributed by atoms with Crippen molar-refractivity contribution in [3.8, 4) is 11.3 Å². The summed E-state index contributed by atoms with van der Waals surface area (Å²) in [5.41, 5.74) is -2.70. The summed E-state index contributed by atoms with van der Waals surface area (Å²) >= 11 is 0. The van der Waals surface area contributed by atoms with Crippen molar-refractivity contribution in [1.82, 2.24) is 15.3 Å². The van der Waals surface area contributed by atoms with Crippen molar-refractivity contribution in [2.45, 2.75) is 37.8 Å². The van der Waals surface area contributed by atoms with E-state index >= 15 is 0 Å². The van der Waals surface area contributed by atoms with Crippen molar-refractivity contribution in [3.63, 3.8) is 0 Å². The fourth-order valence-electron chi connectivity index (χ4n) is 4.44. The number of esters is 1. The zero-order valence-electron chi connectivity index (χ0n) is 22.8. The van der Waals surface area contributed by atoms with Crippen molar-refractivity contribution >= 4 is 28.5 Å². The van der Waals surface area contributed by atoms with E-state index < -0.39 is 64.8 Å². The van der Waals surface area contributed by atoms with Gasteiger partial charge in [-0.2, -0.15) is 26.3 Å². The zero-order valence-corrected chi connectivity index (χ0v) is 22.8. The second-order valence-electron chi connectivity index (χ2n) is 9.55. The van der Waals surface area contributed by atoms with Gasteiger partial charge in [0, 0.05) is 35.5 Å². The third-order valence-electron chi connectivity index (χ3n) is 6.59. The number of methoxy groups -OCH3 is 1. The number of carbonyl (C=O) groups excluding carboxylic acids is 2. The molecule has 4 rings (SSSR count). The minimum atomic E-state index is -4.72. The zero-order chi connectivity index (χ0) is 32.4. The van der Waals surface area contributed by atoms with Crippen LogP contribution in [0.15, 0.2) is 60.9 Å². The van der Waals surface area contributed by atoms with E-state index in [0.717, 1.165) is 26.2 Å². The molecule has 0 unspecified atom stereocenters. The number of nitrogens with one attached hydrogen (secondary N) is 2. The first-order valence-electron chi connectivity index (χ1n) is 12.7. The molecule has 1 amide bonds. The van der Waals surface area contributed by atoms with Gasteiger partial charge < -0.3 is 15.4 Å². The Morgan fingerprint density at radius 2 is 1.57 bits per heavy atom. The molecule has 2 aromatic heterocycles. The third-order valence-corrected chi connectivity index (χ3v) is 6.59. The first-order chi connectivity index (χ1) is 20.6. The molecule has 2 N–H and O–H groups in total. The number of fused-ring (bicyclic) bond motifs is 1. The smallest absolute Gasteiger partial charge is 0.418 e. The largest absolute Gasteiger partial charge is 0.467 e. The van der Waals surface area contributed by atoms with Gasteiger partial charge in [-0.3, -0.25) is 14.8 Å². The Hall–Kier alpha value is -4.82. The van der Waals surface area contributed by atoms with Crippen molar-refractivity contribution in [2.75, 3.05) is 12.4 Å². The van der Waals surface area contributed by atoms with Gasteiger partial charge in [-0.15, -0.1) is 0 Å². The van der Waals surface area contributed by atoms with E-state index in [1.54, 1.807) is 0 Å². The van der Waals surface area contributed by atoms with Crippen molar-refractivity contribution < 1.29 is 49.4 Å². The number of aromatic nitrogens is 2. The molecule has 0 saturated heterocycles. The number of halogens is 8. The van der Waals surface area contributed by atoms with E-state index in [1.807, 2.05) is 5.32 Å². The predicted octanol–water partition coefficient (Wildman–Crippen LogP) is 6.47. The van der Waals surface area contributed by atoms with Gasteiger partial charge >= 0.3 is 18.3 Å². The average molecular weight is 627 g/mol. The Morgan fingerprint density at radius 3 is 2.18 bits per heavy atom. The molecule has 44 heavy (non-hydrogen) atoms. The van der Waals surface area contributed by atoms with Gasteiger partial charge in [-0.05, 0) is 42.8 Å². The van der Waals surface area contributed by atoms with E-state index in [2.05, 4.69) is 15.3 Å². The highest BCUT2D eigenvalue weighted by Gasteiger charge is 2.37. The molecular weight excluding hydrogens is 604 g/mol. The molecule has 2 heterocycles. The van der Waals surface area contributed by atoms with Crippen LogP contribution >= 0.6 is 0 Å². The van der Waals surface area contributed by atoms with Gasteiger partial charge in [-0.1, -0.05) is 18.2 Å². The molecule has 0 fully saturated rings. The monoisotopic (exact) mass is 626 g/mol. The second kappa shape index (κ2) is 12.4. The maximum atomic E-state index is 14.8. The molecule has 0 radical (unpaired) electrons. The minimum absolute atomic E-state index is 0.0358. The molecule has 0 saturated carbocycles. The van der Waals surface area contributed by atoms with Crippen LogP contribution < -0.4 is 10.6 Å². The summed E-state index contributed by atoms with van der Waals surface area (Å²) in [5.74, 6) is -5.44. The van der Waals surface area contributed by atoms with E-state index in [-0.39, 0.29) is 23.2 Å². The van der Waals surface area contributed by atoms with Crippen LogP contribution in [-0.4, -0.2) is 47.2 Å². The quantitative estimate of drug-likeness (QED) is 0.172. The van der Waals surface area contributed by atoms with Gasteiger partial charge in [0.25, 0.3) is 5.91 Å². The number of hydrogen-bond acceptors (Lipinski definition) is 6. The van der Waals surface area contributed by atoms with Gasteiger partial charge in [0.2, 0.25) is 0 Å².